The van der Waals surface area contributed by atoms with E-state index in [0.717, 1.165) is 38.6 Å². The van der Waals surface area contributed by atoms with Gasteiger partial charge in [-0.15, -0.1) is 0 Å². The molecule has 1 heteroatoms. The lowest BCUT2D eigenvalue weighted by atomic mass is 9.83. The van der Waals surface area contributed by atoms with Crippen LogP contribution in [0.4, 0.5) is 0 Å². The maximum absolute atomic E-state index is 6.17. The molecular weight excluding hydrogens is 520 g/mol. The molecule has 7 aromatic carbocycles. The molecule has 43 heavy (non-hydrogen) atoms. The summed E-state index contributed by atoms with van der Waals surface area (Å²) < 4.78 is 6.17. The lowest BCUT2D eigenvalue weighted by molar-refractivity contribution is 0.669. The minimum atomic E-state index is 0.908. The van der Waals surface area contributed by atoms with Gasteiger partial charge >= 0.3 is 0 Å². The molecule has 202 valence electrons. The van der Waals surface area contributed by atoms with Gasteiger partial charge in [0.15, 0.2) is 0 Å². The summed E-state index contributed by atoms with van der Waals surface area (Å²) in [6, 6.07) is 47.8. The third-order valence-electron chi connectivity index (χ3n) is 8.63. The first-order chi connectivity index (χ1) is 21.2. The first kappa shape index (κ1) is 25.1. The van der Waals surface area contributed by atoms with Crippen LogP contribution in [0.5, 0.6) is 0 Å². The van der Waals surface area contributed by atoms with Crippen LogP contribution in [0.15, 0.2) is 151 Å². The highest BCUT2D eigenvalue weighted by Gasteiger charge is 2.19. The Morgan fingerprint density at radius 1 is 0.395 bits per heavy atom. The molecule has 1 nitrogen and oxygen atoms in total. The Balaban J connectivity index is 1.45. The third-order valence-corrected chi connectivity index (χ3v) is 8.63. The normalized spacial score (nSPS) is 11.4. The Morgan fingerprint density at radius 2 is 0.930 bits per heavy atom. The lowest BCUT2D eigenvalue weighted by Crippen LogP contribution is -1.93. The zero-order valence-electron chi connectivity index (χ0n) is 23.7. The van der Waals surface area contributed by atoms with Crippen LogP contribution in [-0.4, -0.2) is 0 Å². The summed E-state index contributed by atoms with van der Waals surface area (Å²) in [5.74, 6) is 0. The lowest BCUT2D eigenvalue weighted by Gasteiger charge is -2.20. The molecule has 0 bridgehead atoms. The van der Waals surface area contributed by atoms with Crippen molar-refractivity contribution in [1.82, 2.24) is 0 Å². The van der Waals surface area contributed by atoms with Gasteiger partial charge in [0.1, 0.15) is 11.2 Å². The highest BCUT2D eigenvalue weighted by atomic mass is 16.3. The predicted octanol–water partition coefficient (Wildman–Crippen LogP) is 12.2. The highest BCUT2D eigenvalue weighted by Crippen LogP contribution is 2.46. The van der Waals surface area contributed by atoms with E-state index in [1.165, 1.54) is 49.4 Å². The predicted molar refractivity (Wildman–Crippen MR) is 185 cm³/mol. The summed E-state index contributed by atoms with van der Waals surface area (Å²) in [6.07, 6.45) is 3.79. The van der Waals surface area contributed by atoms with Crippen LogP contribution in [0.1, 0.15) is 11.1 Å². The van der Waals surface area contributed by atoms with Crippen molar-refractivity contribution in [3.8, 4) is 33.4 Å². The van der Waals surface area contributed by atoms with Gasteiger partial charge in [-0.1, -0.05) is 135 Å². The molecule has 0 aliphatic heterocycles. The van der Waals surface area contributed by atoms with Crippen LogP contribution in [0.25, 0.3) is 89.0 Å². The zero-order valence-corrected chi connectivity index (χ0v) is 23.7. The fourth-order valence-corrected chi connectivity index (χ4v) is 6.67. The summed E-state index contributed by atoms with van der Waals surface area (Å²) in [6.45, 7) is 8.04. The van der Waals surface area contributed by atoms with Crippen LogP contribution in [0.3, 0.4) is 0 Å². The Morgan fingerprint density at radius 3 is 1.60 bits per heavy atom. The number of hydrogen-bond acceptors (Lipinski definition) is 1. The van der Waals surface area contributed by atoms with Gasteiger partial charge in [0, 0.05) is 10.8 Å². The van der Waals surface area contributed by atoms with Crippen LogP contribution in [-0.2, 0) is 0 Å². The SMILES string of the molecule is C=Cc1ccc(-c2ccccc2-c2c3ccccc3c(-c3ccc4oc5ccccc5c4c3)c3ccccc23)cc1C=C. The first-order valence-electron chi connectivity index (χ1n) is 14.6. The third kappa shape index (κ3) is 3.94. The minimum Gasteiger partial charge on any atom is -0.456 e. The summed E-state index contributed by atoms with van der Waals surface area (Å²) in [7, 11) is 0. The Hall–Kier alpha value is -5.66. The highest BCUT2D eigenvalue weighted by molar-refractivity contribution is 6.23. The first-order valence-corrected chi connectivity index (χ1v) is 14.6. The van der Waals surface area contributed by atoms with Gasteiger partial charge in [0.05, 0.1) is 0 Å². The molecule has 1 heterocycles. The van der Waals surface area contributed by atoms with Crippen molar-refractivity contribution in [2.45, 2.75) is 0 Å². The second-order valence-electron chi connectivity index (χ2n) is 10.9. The molecule has 0 fully saturated rings. The van der Waals surface area contributed by atoms with Crippen molar-refractivity contribution in [2.75, 3.05) is 0 Å². The molecule has 0 N–H and O–H groups in total. The molecule has 0 radical (unpaired) electrons. The average molecular weight is 549 g/mol. The number of furan rings is 1. The van der Waals surface area contributed by atoms with Crippen LogP contribution < -0.4 is 0 Å². The summed E-state index contributed by atoms with van der Waals surface area (Å²) in [5, 5.41) is 7.19. The fourth-order valence-electron chi connectivity index (χ4n) is 6.67. The molecular formula is C42H28O. The van der Waals surface area contributed by atoms with Gasteiger partial charge in [0.2, 0.25) is 0 Å². The van der Waals surface area contributed by atoms with Crippen molar-refractivity contribution in [3.05, 3.63) is 158 Å². The minimum absolute atomic E-state index is 0.908. The smallest absolute Gasteiger partial charge is 0.135 e. The second-order valence-corrected chi connectivity index (χ2v) is 10.9. The number of hydrogen-bond donors (Lipinski definition) is 0. The monoisotopic (exact) mass is 548 g/mol. The van der Waals surface area contributed by atoms with Gasteiger partial charge in [-0.25, -0.2) is 0 Å². The molecule has 0 saturated heterocycles. The standard InChI is InChI=1S/C42H28O/c1-3-27-21-22-29(25-28(27)4-2)31-13-5-6-15-33(31)42-36-18-9-7-16-34(36)41(35-17-8-10-19-37(35)42)30-23-24-40-38(26-30)32-14-11-12-20-39(32)43-40/h3-26H,1-2H2. The van der Waals surface area contributed by atoms with Gasteiger partial charge in [0.25, 0.3) is 0 Å². The summed E-state index contributed by atoms with van der Waals surface area (Å²) in [4.78, 5) is 0. The van der Waals surface area contributed by atoms with Crippen molar-refractivity contribution in [3.63, 3.8) is 0 Å². The average Bonchev–Trinajstić information content (AvgIpc) is 3.45. The van der Waals surface area contributed by atoms with Crippen molar-refractivity contribution >= 4 is 55.6 Å². The molecule has 0 unspecified atom stereocenters. The van der Waals surface area contributed by atoms with Crippen molar-refractivity contribution < 1.29 is 4.42 Å². The van der Waals surface area contributed by atoms with Crippen molar-refractivity contribution in [1.29, 1.82) is 0 Å². The molecule has 0 amide bonds. The summed E-state index contributed by atoms with van der Waals surface area (Å²) >= 11 is 0. The van der Waals surface area contributed by atoms with E-state index in [2.05, 4.69) is 134 Å². The molecule has 8 aromatic rings. The number of rotatable bonds is 5. The zero-order chi connectivity index (χ0) is 28.9. The van der Waals surface area contributed by atoms with E-state index in [1.54, 1.807) is 0 Å². The van der Waals surface area contributed by atoms with Crippen LogP contribution in [0.2, 0.25) is 0 Å². The molecule has 0 aliphatic rings. The van der Waals surface area contributed by atoms with E-state index in [-0.39, 0.29) is 0 Å². The molecule has 0 aliphatic carbocycles. The van der Waals surface area contributed by atoms with Gasteiger partial charge < -0.3 is 4.42 Å². The molecule has 1 aromatic heterocycles. The fraction of sp³-hybridized carbons (Fsp3) is 0. The Kier molecular flexibility index (Phi) is 5.84. The largest absolute Gasteiger partial charge is 0.456 e. The Labute approximate surface area is 250 Å². The second kappa shape index (κ2) is 10.0. The summed E-state index contributed by atoms with van der Waals surface area (Å²) in [5.41, 5.74) is 11.2. The van der Waals surface area contributed by atoms with Crippen molar-refractivity contribution in [2.24, 2.45) is 0 Å². The number of fused-ring (bicyclic) bond motifs is 5. The van der Waals surface area contributed by atoms with Gasteiger partial charge in [-0.2, -0.15) is 0 Å². The molecule has 0 atom stereocenters. The number of benzene rings is 7. The maximum atomic E-state index is 6.17. The van der Waals surface area contributed by atoms with E-state index < -0.39 is 0 Å². The molecule has 0 spiro atoms. The van der Waals surface area contributed by atoms with E-state index in [1.807, 2.05) is 24.3 Å². The van der Waals surface area contributed by atoms with Gasteiger partial charge in [-0.3, -0.25) is 0 Å². The van der Waals surface area contributed by atoms with E-state index in [9.17, 15) is 0 Å². The van der Waals surface area contributed by atoms with Gasteiger partial charge in [-0.05, 0) is 90.3 Å². The molecule has 0 saturated carbocycles. The maximum Gasteiger partial charge on any atom is 0.135 e. The number of para-hydroxylation sites is 1. The van der Waals surface area contributed by atoms with E-state index in [0.29, 0.717) is 0 Å². The quantitative estimate of drug-likeness (QED) is 0.195. The van der Waals surface area contributed by atoms with Crippen LogP contribution in [0, 0.1) is 0 Å². The van der Waals surface area contributed by atoms with E-state index >= 15 is 0 Å². The molecule has 8 rings (SSSR count). The van der Waals surface area contributed by atoms with Crippen LogP contribution >= 0.6 is 0 Å². The van der Waals surface area contributed by atoms with E-state index in [4.69, 9.17) is 4.42 Å². The Bertz CT molecular complexity index is 2330. The topological polar surface area (TPSA) is 13.1 Å².